The lowest BCUT2D eigenvalue weighted by Crippen LogP contribution is -2.51. The van der Waals surface area contributed by atoms with E-state index in [2.05, 4.69) is 31.8 Å². The van der Waals surface area contributed by atoms with Crippen LogP contribution in [0.5, 0.6) is 0 Å². The number of piperidine rings is 3. The Morgan fingerprint density at radius 3 is 2.35 bits per heavy atom. The van der Waals surface area contributed by atoms with Gasteiger partial charge >= 0.3 is 0 Å². The summed E-state index contributed by atoms with van der Waals surface area (Å²) in [5.41, 5.74) is 1.20. The van der Waals surface area contributed by atoms with Crippen LogP contribution in [0.3, 0.4) is 0 Å². The van der Waals surface area contributed by atoms with Gasteiger partial charge in [0.1, 0.15) is 0 Å². The summed E-state index contributed by atoms with van der Waals surface area (Å²) in [4.78, 5) is 24.4. The second-order valence-electron chi connectivity index (χ2n) is 8.14. The molecule has 3 fully saturated rings. The Morgan fingerprint density at radius 1 is 0.885 bits per heavy atom. The molecule has 1 aromatic rings. The van der Waals surface area contributed by atoms with Crippen molar-refractivity contribution in [3.63, 3.8) is 0 Å². The Hall–Kier alpha value is -1.62. The molecule has 142 valence electrons. The van der Waals surface area contributed by atoms with Crippen molar-refractivity contribution >= 4 is 11.6 Å². The number of amides is 1. The molecule has 3 saturated heterocycles. The number of pyridine rings is 1. The highest BCUT2D eigenvalue weighted by Gasteiger charge is 2.33. The Balaban J connectivity index is 1.30. The lowest BCUT2D eigenvalue weighted by molar-refractivity contribution is -0.137. The molecule has 5 nitrogen and oxygen atoms in total. The molecule has 4 rings (SSSR count). The van der Waals surface area contributed by atoms with Crippen LogP contribution in [0.4, 0.5) is 5.69 Å². The van der Waals surface area contributed by atoms with Crippen LogP contribution < -0.4 is 4.90 Å². The van der Waals surface area contributed by atoms with Gasteiger partial charge in [-0.15, -0.1) is 0 Å². The van der Waals surface area contributed by atoms with E-state index in [0.29, 0.717) is 11.9 Å². The molecule has 1 amide bonds. The number of hydrogen-bond donors (Lipinski definition) is 0. The summed E-state index contributed by atoms with van der Waals surface area (Å²) in [7, 11) is 0. The summed E-state index contributed by atoms with van der Waals surface area (Å²) >= 11 is 0. The van der Waals surface area contributed by atoms with Crippen LogP contribution in [0, 0.1) is 5.92 Å². The van der Waals surface area contributed by atoms with E-state index in [-0.39, 0.29) is 5.92 Å². The molecular weight excluding hydrogens is 324 g/mol. The summed E-state index contributed by atoms with van der Waals surface area (Å²) < 4.78 is 0. The molecule has 3 aliphatic rings. The summed E-state index contributed by atoms with van der Waals surface area (Å²) in [6, 6.07) is 4.81. The van der Waals surface area contributed by atoms with Crippen molar-refractivity contribution in [1.29, 1.82) is 0 Å². The Morgan fingerprint density at radius 2 is 1.62 bits per heavy atom. The van der Waals surface area contributed by atoms with Crippen LogP contribution in [0.2, 0.25) is 0 Å². The van der Waals surface area contributed by atoms with Gasteiger partial charge in [-0.1, -0.05) is 6.42 Å². The highest BCUT2D eigenvalue weighted by Crippen LogP contribution is 2.26. The van der Waals surface area contributed by atoms with Gasteiger partial charge in [-0.25, -0.2) is 0 Å². The second-order valence-corrected chi connectivity index (χ2v) is 8.14. The van der Waals surface area contributed by atoms with Gasteiger partial charge in [0.15, 0.2) is 0 Å². The molecule has 0 aromatic carbocycles. The van der Waals surface area contributed by atoms with Crippen molar-refractivity contribution in [1.82, 2.24) is 14.8 Å². The van der Waals surface area contributed by atoms with Gasteiger partial charge in [0.05, 0.1) is 5.92 Å². The third-order valence-electron chi connectivity index (χ3n) is 6.48. The highest BCUT2D eigenvalue weighted by molar-refractivity contribution is 5.80. The van der Waals surface area contributed by atoms with Crippen LogP contribution >= 0.6 is 0 Å². The van der Waals surface area contributed by atoms with Crippen molar-refractivity contribution in [3.05, 3.63) is 24.5 Å². The zero-order valence-corrected chi connectivity index (χ0v) is 15.9. The number of carbonyl (C=O) groups is 1. The fourth-order valence-corrected chi connectivity index (χ4v) is 4.96. The largest absolute Gasteiger partial charge is 0.371 e. The van der Waals surface area contributed by atoms with Gasteiger partial charge in [-0.05, 0) is 63.7 Å². The highest BCUT2D eigenvalue weighted by atomic mass is 16.2. The van der Waals surface area contributed by atoms with E-state index < -0.39 is 0 Å². The van der Waals surface area contributed by atoms with Gasteiger partial charge in [0.2, 0.25) is 5.91 Å². The minimum absolute atomic E-state index is 0.156. The zero-order chi connectivity index (χ0) is 17.8. The molecule has 26 heavy (non-hydrogen) atoms. The van der Waals surface area contributed by atoms with Crippen molar-refractivity contribution in [2.24, 2.45) is 5.92 Å². The fourth-order valence-electron chi connectivity index (χ4n) is 4.96. The molecule has 1 unspecified atom stereocenters. The number of anilines is 1. The maximum Gasteiger partial charge on any atom is 0.227 e. The van der Waals surface area contributed by atoms with Gasteiger partial charge < -0.3 is 14.7 Å². The molecule has 4 heterocycles. The van der Waals surface area contributed by atoms with Gasteiger partial charge in [0.25, 0.3) is 0 Å². The van der Waals surface area contributed by atoms with Crippen LogP contribution in [0.1, 0.15) is 44.9 Å². The number of likely N-dealkylation sites (tertiary alicyclic amines) is 2. The summed E-state index contributed by atoms with van der Waals surface area (Å²) in [5.74, 6) is 0.546. The van der Waals surface area contributed by atoms with E-state index in [1.807, 2.05) is 12.4 Å². The lowest BCUT2D eigenvalue weighted by atomic mass is 9.94. The normalized spacial score (nSPS) is 26.1. The summed E-state index contributed by atoms with van der Waals surface area (Å²) in [5, 5.41) is 0. The van der Waals surface area contributed by atoms with Crippen molar-refractivity contribution in [3.8, 4) is 0 Å². The molecule has 3 aliphatic heterocycles. The van der Waals surface area contributed by atoms with Crippen LogP contribution in [-0.4, -0.2) is 66.0 Å². The molecule has 0 saturated carbocycles. The molecule has 1 atom stereocenters. The number of carbonyl (C=O) groups excluding carboxylic acids is 1. The van der Waals surface area contributed by atoms with Crippen molar-refractivity contribution < 1.29 is 4.79 Å². The zero-order valence-electron chi connectivity index (χ0n) is 15.9. The monoisotopic (exact) mass is 356 g/mol. The first kappa shape index (κ1) is 17.8. The smallest absolute Gasteiger partial charge is 0.227 e. The van der Waals surface area contributed by atoms with Gasteiger partial charge in [-0.3, -0.25) is 9.78 Å². The van der Waals surface area contributed by atoms with Crippen molar-refractivity contribution in [2.45, 2.75) is 51.0 Å². The molecule has 1 aromatic heterocycles. The molecule has 0 aliphatic carbocycles. The molecule has 0 bridgehead atoms. The minimum Gasteiger partial charge on any atom is -0.371 e. The topological polar surface area (TPSA) is 39.7 Å². The molecule has 5 heteroatoms. The predicted molar refractivity (Wildman–Crippen MR) is 104 cm³/mol. The minimum atomic E-state index is 0.156. The van der Waals surface area contributed by atoms with Crippen LogP contribution in [-0.2, 0) is 4.79 Å². The standard InChI is InChI=1S/C21H32N4O/c26-21(18-5-4-14-25(17-18)19-6-10-22-11-7-19)24-15-8-20(9-16-24)23-12-2-1-3-13-23/h6-7,10-11,18,20H,1-5,8-9,12-17H2. The van der Waals surface area contributed by atoms with E-state index >= 15 is 0 Å². The van der Waals surface area contributed by atoms with E-state index in [4.69, 9.17) is 0 Å². The van der Waals surface area contributed by atoms with E-state index in [9.17, 15) is 4.79 Å². The Bertz CT molecular complexity index is 579. The fraction of sp³-hybridized carbons (Fsp3) is 0.714. The quantitative estimate of drug-likeness (QED) is 0.835. The van der Waals surface area contributed by atoms with Crippen molar-refractivity contribution in [2.75, 3.05) is 44.2 Å². The average Bonchev–Trinajstić information content (AvgIpc) is 2.75. The van der Waals surface area contributed by atoms with E-state index in [1.54, 1.807) is 0 Å². The molecule has 0 N–H and O–H groups in total. The number of nitrogens with zero attached hydrogens (tertiary/aromatic N) is 4. The average molecular weight is 357 g/mol. The third-order valence-corrected chi connectivity index (χ3v) is 6.48. The van der Waals surface area contributed by atoms with Crippen LogP contribution in [0.25, 0.3) is 0 Å². The number of rotatable bonds is 3. The maximum absolute atomic E-state index is 13.1. The predicted octanol–water partition coefficient (Wildman–Crippen LogP) is 2.77. The lowest BCUT2D eigenvalue weighted by Gasteiger charge is -2.42. The van der Waals surface area contributed by atoms with E-state index in [0.717, 1.165) is 51.9 Å². The first-order valence-corrected chi connectivity index (χ1v) is 10.5. The number of hydrogen-bond acceptors (Lipinski definition) is 4. The maximum atomic E-state index is 13.1. The van der Waals surface area contributed by atoms with Gasteiger partial charge in [-0.2, -0.15) is 0 Å². The molecular formula is C21H32N4O. The molecule has 0 radical (unpaired) electrons. The Kier molecular flexibility index (Phi) is 5.73. The van der Waals surface area contributed by atoms with Crippen LogP contribution in [0.15, 0.2) is 24.5 Å². The Labute approximate surface area is 157 Å². The van der Waals surface area contributed by atoms with Gasteiger partial charge in [0, 0.05) is 50.3 Å². The second kappa shape index (κ2) is 8.38. The van der Waals surface area contributed by atoms with E-state index in [1.165, 1.54) is 38.0 Å². The number of aromatic nitrogens is 1. The summed E-state index contributed by atoms with van der Waals surface area (Å²) in [6.07, 6.45) is 12.2. The SMILES string of the molecule is O=C(C1CCCN(c2ccncc2)C1)N1CCC(N2CCCCC2)CC1. The third kappa shape index (κ3) is 4.03. The molecule has 0 spiro atoms. The summed E-state index contributed by atoms with van der Waals surface area (Å²) in [6.45, 7) is 6.33. The first-order chi connectivity index (χ1) is 12.8. The first-order valence-electron chi connectivity index (χ1n) is 10.5.